The van der Waals surface area contributed by atoms with Gasteiger partial charge < -0.3 is 9.84 Å². The van der Waals surface area contributed by atoms with Gasteiger partial charge in [0.1, 0.15) is 17.8 Å². The van der Waals surface area contributed by atoms with E-state index in [1.807, 2.05) is 0 Å². The molecule has 1 fully saturated rings. The molecule has 1 aliphatic heterocycles. The maximum Gasteiger partial charge on any atom is 0.163 e. The Kier molecular flexibility index (Phi) is 4.62. The molecule has 0 amide bonds. The molecule has 1 aromatic rings. The first-order chi connectivity index (χ1) is 9.45. The van der Waals surface area contributed by atoms with E-state index in [2.05, 4.69) is 5.32 Å². The van der Waals surface area contributed by atoms with Gasteiger partial charge in [-0.3, -0.25) is 10.1 Å². The number of nitrogens with one attached hydrogen (secondary N) is 1. The Morgan fingerprint density at radius 2 is 2.35 bits per heavy atom. The largest absolute Gasteiger partial charge is 0.493 e. The Morgan fingerprint density at radius 1 is 1.65 bits per heavy atom. The van der Waals surface area contributed by atoms with Gasteiger partial charge in [0, 0.05) is 18.0 Å². The minimum absolute atomic E-state index is 0.102. The molecule has 2 unspecified atom stereocenters. The fraction of sp³-hybridized carbons (Fsp3) is 0.500. The van der Waals surface area contributed by atoms with E-state index < -0.39 is 12.0 Å². The van der Waals surface area contributed by atoms with E-state index in [1.54, 1.807) is 6.92 Å². The summed E-state index contributed by atoms with van der Waals surface area (Å²) in [6.45, 7) is 3.88. The third kappa shape index (κ3) is 2.80. The summed E-state index contributed by atoms with van der Waals surface area (Å²) in [7, 11) is 0. The van der Waals surface area contributed by atoms with Crippen molar-refractivity contribution in [3.8, 4) is 5.75 Å². The number of benzene rings is 1. The van der Waals surface area contributed by atoms with Crippen LogP contribution in [0.4, 0.5) is 4.39 Å². The Hall–Kier alpha value is -1.17. The first kappa shape index (κ1) is 15.2. The summed E-state index contributed by atoms with van der Waals surface area (Å²) in [6.07, 6.45) is -0.331. The Bertz CT molecular complexity index is 536. The minimum atomic E-state index is -0.686. The fourth-order valence-corrected chi connectivity index (χ4v) is 2.70. The van der Waals surface area contributed by atoms with Crippen LogP contribution in [0.15, 0.2) is 6.07 Å². The van der Waals surface area contributed by atoms with Gasteiger partial charge in [-0.1, -0.05) is 11.6 Å². The average molecular weight is 302 g/mol. The molecule has 0 radical (unpaired) electrons. The van der Waals surface area contributed by atoms with Crippen LogP contribution in [0.25, 0.3) is 0 Å². The van der Waals surface area contributed by atoms with Crippen molar-refractivity contribution < 1.29 is 19.0 Å². The zero-order valence-corrected chi connectivity index (χ0v) is 12.1. The molecule has 1 saturated heterocycles. The number of Topliss-reactive ketones (excluding diaryl/α,β-unsaturated/α-hetero) is 1. The number of halogens is 2. The predicted molar refractivity (Wildman–Crippen MR) is 74.0 cm³/mol. The van der Waals surface area contributed by atoms with Gasteiger partial charge in [0.2, 0.25) is 0 Å². The van der Waals surface area contributed by atoms with E-state index in [9.17, 15) is 14.3 Å². The van der Waals surface area contributed by atoms with Crippen molar-refractivity contribution in [1.82, 2.24) is 5.32 Å². The van der Waals surface area contributed by atoms with Crippen LogP contribution in [0.2, 0.25) is 5.02 Å². The highest BCUT2D eigenvalue weighted by Gasteiger charge is 2.32. The lowest BCUT2D eigenvalue weighted by Crippen LogP contribution is -2.19. The Balaban J connectivity index is 2.59. The second-order valence-corrected chi connectivity index (χ2v) is 5.22. The monoisotopic (exact) mass is 301 g/mol. The SMILES string of the molecule is CCOc1c(C(C)=O)cc(Cl)c(F)c1C1CNC(O)C1. The van der Waals surface area contributed by atoms with Crippen LogP contribution < -0.4 is 10.1 Å². The molecule has 4 nitrogen and oxygen atoms in total. The lowest BCUT2D eigenvalue weighted by atomic mass is 9.93. The number of hydrogen-bond acceptors (Lipinski definition) is 4. The smallest absolute Gasteiger partial charge is 0.163 e. The summed E-state index contributed by atoms with van der Waals surface area (Å²) in [6, 6.07) is 1.30. The quantitative estimate of drug-likeness (QED) is 0.839. The number of ether oxygens (including phenoxy) is 1. The lowest BCUT2D eigenvalue weighted by molar-refractivity contribution is 0.101. The van der Waals surface area contributed by atoms with Crippen LogP contribution in [0, 0.1) is 5.82 Å². The lowest BCUT2D eigenvalue weighted by Gasteiger charge is -2.19. The molecule has 110 valence electrons. The molecule has 1 heterocycles. The summed E-state index contributed by atoms with van der Waals surface area (Å²) >= 11 is 5.88. The molecule has 1 aliphatic rings. The van der Waals surface area contributed by atoms with Crippen molar-refractivity contribution >= 4 is 17.4 Å². The van der Waals surface area contributed by atoms with E-state index in [-0.39, 0.29) is 33.6 Å². The zero-order chi connectivity index (χ0) is 14.9. The Morgan fingerprint density at radius 3 is 2.85 bits per heavy atom. The van der Waals surface area contributed by atoms with Crippen LogP contribution in [0.3, 0.4) is 0 Å². The molecule has 20 heavy (non-hydrogen) atoms. The molecule has 0 bridgehead atoms. The first-order valence-corrected chi connectivity index (χ1v) is 6.90. The highest BCUT2D eigenvalue weighted by molar-refractivity contribution is 6.31. The van der Waals surface area contributed by atoms with Crippen LogP contribution >= 0.6 is 11.6 Å². The number of carbonyl (C=O) groups excluding carboxylic acids is 1. The second kappa shape index (κ2) is 6.08. The van der Waals surface area contributed by atoms with E-state index >= 15 is 0 Å². The molecular weight excluding hydrogens is 285 g/mol. The van der Waals surface area contributed by atoms with Gasteiger partial charge in [-0.15, -0.1) is 0 Å². The highest BCUT2D eigenvalue weighted by atomic mass is 35.5. The van der Waals surface area contributed by atoms with Gasteiger partial charge in [-0.25, -0.2) is 4.39 Å². The topological polar surface area (TPSA) is 58.6 Å². The van der Waals surface area contributed by atoms with Crippen molar-refractivity contribution in [2.24, 2.45) is 0 Å². The molecule has 2 atom stereocenters. The van der Waals surface area contributed by atoms with Crippen molar-refractivity contribution in [2.75, 3.05) is 13.2 Å². The number of aliphatic hydroxyl groups is 1. The van der Waals surface area contributed by atoms with Gasteiger partial charge >= 0.3 is 0 Å². The summed E-state index contributed by atoms with van der Waals surface area (Å²) in [4.78, 5) is 11.7. The van der Waals surface area contributed by atoms with Gasteiger partial charge in [0.25, 0.3) is 0 Å². The number of carbonyl (C=O) groups is 1. The number of aliphatic hydroxyl groups excluding tert-OH is 1. The molecule has 0 aromatic heterocycles. The molecule has 0 aliphatic carbocycles. The van der Waals surface area contributed by atoms with Crippen molar-refractivity contribution in [3.05, 3.63) is 28.0 Å². The van der Waals surface area contributed by atoms with Crippen LogP contribution in [-0.4, -0.2) is 30.3 Å². The van der Waals surface area contributed by atoms with Crippen molar-refractivity contribution in [3.63, 3.8) is 0 Å². The molecule has 1 aromatic carbocycles. The van der Waals surface area contributed by atoms with Gasteiger partial charge in [0.15, 0.2) is 5.78 Å². The van der Waals surface area contributed by atoms with Crippen molar-refractivity contribution in [1.29, 1.82) is 0 Å². The normalized spacial score (nSPS) is 22.1. The fourth-order valence-electron chi connectivity index (χ4n) is 2.49. The van der Waals surface area contributed by atoms with E-state index in [4.69, 9.17) is 16.3 Å². The molecule has 0 spiro atoms. The maximum absolute atomic E-state index is 14.4. The van der Waals surface area contributed by atoms with Crippen molar-refractivity contribution in [2.45, 2.75) is 32.4 Å². The summed E-state index contributed by atoms with van der Waals surface area (Å²) in [5.41, 5.74) is 0.545. The molecule has 6 heteroatoms. The molecule has 0 saturated carbocycles. The number of rotatable bonds is 4. The number of hydrogen-bond donors (Lipinski definition) is 2. The standard InChI is InChI=1S/C14H17ClFNO3/c1-3-20-14-9(7(2)18)5-10(15)13(16)12(14)8-4-11(19)17-6-8/h5,8,11,17,19H,3-4,6H2,1-2H3. The summed E-state index contributed by atoms with van der Waals surface area (Å²) in [5, 5.41) is 12.3. The first-order valence-electron chi connectivity index (χ1n) is 6.52. The van der Waals surface area contributed by atoms with E-state index in [0.29, 0.717) is 19.6 Å². The third-order valence-corrected chi connectivity index (χ3v) is 3.67. The van der Waals surface area contributed by atoms with E-state index in [0.717, 1.165) is 0 Å². The highest BCUT2D eigenvalue weighted by Crippen LogP contribution is 2.40. The van der Waals surface area contributed by atoms with Gasteiger partial charge in [-0.05, 0) is 26.3 Å². The Labute approximate surface area is 121 Å². The molecule has 2 rings (SSSR count). The van der Waals surface area contributed by atoms with E-state index in [1.165, 1.54) is 13.0 Å². The van der Waals surface area contributed by atoms with Crippen LogP contribution in [-0.2, 0) is 0 Å². The second-order valence-electron chi connectivity index (χ2n) is 4.81. The molecular formula is C14H17ClFNO3. The van der Waals surface area contributed by atoms with Crippen LogP contribution in [0.1, 0.15) is 42.1 Å². The van der Waals surface area contributed by atoms with Crippen LogP contribution in [0.5, 0.6) is 5.75 Å². The summed E-state index contributed by atoms with van der Waals surface area (Å²) in [5.74, 6) is -0.852. The average Bonchev–Trinajstić information content (AvgIpc) is 2.80. The predicted octanol–water partition coefficient (Wildman–Crippen LogP) is 2.48. The number of ketones is 1. The van der Waals surface area contributed by atoms with Gasteiger partial charge in [0.05, 0.1) is 17.2 Å². The third-order valence-electron chi connectivity index (χ3n) is 3.39. The summed E-state index contributed by atoms with van der Waals surface area (Å²) < 4.78 is 19.9. The minimum Gasteiger partial charge on any atom is -0.493 e. The zero-order valence-electron chi connectivity index (χ0n) is 11.4. The van der Waals surface area contributed by atoms with Gasteiger partial charge in [-0.2, -0.15) is 0 Å². The molecule has 2 N–H and O–H groups in total. The maximum atomic E-state index is 14.4.